The molecule has 1 aliphatic heterocycles. The fourth-order valence-corrected chi connectivity index (χ4v) is 1.60. The smallest absolute Gasteiger partial charge is 0.351 e. The number of carboxylic acid groups (broad SMARTS) is 1. The van der Waals surface area contributed by atoms with Crippen LogP contribution in [0, 0.1) is 5.92 Å². The first-order valence-corrected chi connectivity index (χ1v) is 4.04. The highest BCUT2D eigenvalue weighted by atomic mass is 16.4. The van der Waals surface area contributed by atoms with Crippen molar-refractivity contribution >= 4 is 5.97 Å². The van der Waals surface area contributed by atoms with E-state index in [9.17, 15) is 4.79 Å². The standard InChI is InChI=1S/C9H10N2O2/c10-6-2-1-3-7-5(6)4-8(11-7)9(12)13/h1-5,7,11H,10H2,(H,12,13). The Morgan fingerprint density at radius 1 is 1.62 bits per heavy atom. The van der Waals surface area contributed by atoms with Gasteiger partial charge in [-0.2, -0.15) is 0 Å². The van der Waals surface area contributed by atoms with Gasteiger partial charge in [0.05, 0.1) is 6.04 Å². The molecule has 4 N–H and O–H groups in total. The average Bonchev–Trinajstić information content (AvgIpc) is 2.49. The van der Waals surface area contributed by atoms with Crippen LogP contribution in [-0.2, 0) is 4.79 Å². The molecule has 0 aromatic rings. The van der Waals surface area contributed by atoms with Crippen LogP contribution in [0.25, 0.3) is 0 Å². The minimum atomic E-state index is -0.935. The van der Waals surface area contributed by atoms with E-state index in [0.29, 0.717) is 5.70 Å². The van der Waals surface area contributed by atoms with Crippen molar-refractivity contribution in [3.05, 3.63) is 35.7 Å². The zero-order valence-electron chi connectivity index (χ0n) is 6.90. The molecule has 2 atom stereocenters. The molecule has 13 heavy (non-hydrogen) atoms. The monoisotopic (exact) mass is 178 g/mol. The van der Waals surface area contributed by atoms with Gasteiger partial charge in [0.25, 0.3) is 0 Å². The topological polar surface area (TPSA) is 75.3 Å². The van der Waals surface area contributed by atoms with Gasteiger partial charge < -0.3 is 16.2 Å². The molecule has 1 aliphatic carbocycles. The first-order valence-electron chi connectivity index (χ1n) is 4.04. The number of fused-ring (bicyclic) bond motifs is 1. The van der Waals surface area contributed by atoms with E-state index >= 15 is 0 Å². The molecule has 0 aromatic heterocycles. The van der Waals surface area contributed by atoms with Gasteiger partial charge in [-0.05, 0) is 12.2 Å². The van der Waals surface area contributed by atoms with Crippen molar-refractivity contribution in [1.82, 2.24) is 5.32 Å². The predicted octanol–water partition coefficient (Wildman–Crippen LogP) is -0.0447. The predicted molar refractivity (Wildman–Crippen MR) is 47.5 cm³/mol. The van der Waals surface area contributed by atoms with Crippen molar-refractivity contribution in [2.45, 2.75) is 6.04 Å². The molecule has 0 bridgehead atoms. The summed E-state index contributed by atoms with van der Waals surface area (Å²) in [6.45, 7) is 0. The van der Waals surface area contributed by atoms with Gasteiger partial charge in [0.1, 0.15) is 5.70 Å². The summed E-state index contributed by atoms with van der Waals surface area (Å²) in [7, 11) is 0. The summed E-state index contributed by atoms with van der Waals surface area (Å²) in [4.78, 5) is 10.6. The Bertz CT molecular complexity index is 342. The first kappa shape index (κ1) is 7.91. The van der Waals surface area contributed by atoms with E-state index < -0.39 is 5.97 Å². The molecule has 2 aliphatic rings. The van der Waals surface area contributed by atoms with Crippen molar-refractivity contribution in [3.8, 4) is 0 Å². The third kappa shape index (κ3) is 1.20. The van der Waals surface area contributed by atoms with Gasteiger partial charge in [-0.3, -0.25) is 0 Å². The second kappa shape index (κ2) is 2.65. The highest BCUT2D eigenvalue weighted by Crippen LogP contribution is 2.25. The number of hydrogen-bond acceptors (Lipinski definition) is 3. The molecular formula is C9H10N2O2. The molecule has 4 heteroatoms. The van der Waals surface area contributed by atoms with Gasteiger partial charge in [0.15, 0.2) is 0 Å². The zero-order chi connectivity index (χ0) is 9.42. The van der Waals surface area contributed by atoms with Crippen LogP contribution >= 0.6 is 0 Å². The lowest BCUT2D eigenvalue weighted by atomic mass is 9.94. The number of aliphatic carboxylic acids is 1. The molecule has 1 heterocycles. The average molecular weight is 178 g/mol. The van der Waals surface area contributed by atoms with Crippen LogP contribution in [0.1, 0.15) is 0 Å². The van der Waals surface area contributed by atoms with Gasteiger partial charge >= 0.3 is 5.97 Å². The van der Waals surface area contributed by atoms with Crippen LogP contribution in [-0.4, -0.2) is 17.1 Å². The third-order valence-electron chi connectivity index (χ3n) is 2.28. The summed E-state index contributed by atoms with van der Waals surface area (Å²) in [5.41, 5.74) is 6.65. The molecule has 68 valence electrons. The van der Waals surface area contributed by atoms with Crippen LogP contribution in [0.3, 0.4) is 0 Å². The minimum Gasteiger partial charge on any atom is -0.477 e. The number of rotatable bonds is 1. The highest BCUT2D eigenvalue weighted by molar-refractivity contribution is 5.87. The summed E-state index contributed by atoms with van der Waals surface area (Å²) in [5.74, 6) is -0.938. The fraction of sp³-hybridized carbons (Fsp3) is 0.222. The Labute approximate surface area is 75.4 Å². The largest absolute Gasteiger partial charge is 0.477 e. The molecular weight excluding hydrogens is 168 g/mol. The van der Waals surface area contributed by atoms with Crippen LogP contribution in [0.15, 0.2) is 35.7 Å². The zero-order valence-corrected chi connectivity index (χ0v) is 6.90. The first-order chi connectivity index (χ1) is 6.18. The Morgan fingerprint density at radius 2 is 2.38 bits per heavy atom. The summed E-state index contributed by atoms with van der Waals surface area (Å²) in [6.07, 6.45) is 7.20. The van der Waals surface area contributed by atoms with Gasteiger partial charge in [-0.1, -0.05) is 12.2 Å². The third-order valence-corrected chi connectivity index (χ3v) is 2.28. The van der Waals surface area contributed by atoms with Crippen molar-refractivity contribution in [3.63, 3.8) is 0 Å². The fourth-order valence-electron chi connectivity index (χ4n) is 1.60. The molecule has 0 fully saturated rings. The van der Waals surface area contributed by atoms with Gasteiger partial charge in [-0.15, -0.1) is 0 Å². The Hall–Kier alpha value is -1.71. The van der Waals surface area contributed by atoms with Gasteiger partial charge in [0.2, 0.25) is 0 Å². The molecule has 0 saturated heterocycles. The lowest BCUT2D eigenvalue weighted by Gasteiger charge is -2.19. The van der Waals surface area contributed by atoms with Crippen molar-refractivity contribution in [1.29, 1.82) is 0 Å². The maximum atomic E-state index is 10.6. The number of carbonyl (C=O) groups is 1. The van der Waals surface area contributed by atoms with E-state index in [4.69, 9.17) is 10.8 Å². The number of nitrogens with two attached hydrogens (primary N) is 1. The van der Waals surface area contributed by atoms with E-state index in [1.807, 2.05) is 12.2 Å². The Morgan fingerprint density at radius 3 is 3.00 bits per heavy atom. The van der Waals surface area contributed by atoms with E-state index in [1.54, 1.807) is 12.2 Å². The molecule has 2 rings (SSSR count). The van der Waals surface area contributed by atoms with E-state index in [0.717, 1.165) is 0 Å². The normalized spacial score (nSPS) is 30.2. The molecule has 0 radical (unpaired) electrons. The van der Waals surface area contributed by atoms with Crippen LogP contribution in [0.5, 0.6) is 0 Å². The molecule has 2 unspecified atom stereocenters. The van der Waals surface area contributed by atoms with Crippen LogP contribution in [0.2, 0.25) is 0 Å². The SMILES string of the molecule is NC1=CC=CC2NC(C(=O)O)=CC12. The molecule has 0 spiro atoms. The number of hydrogen-bond donors (Lipinski definition) is 3. The Kier molecular flexibility index (Phi) is 1.62. The highest BCUT2D eigenvalue weighted by Gasteiger charge is 2.30. The molecule has 4 nitrogen and oxygen atoms in total. The van der Waals surface area contributed by atoms with Crippen molar-refractivity contribution < 1.29 is 9.90 Å². The van der Waals surface area contributed by atoms with Crippen molar-refractivity contribution in [2.75, 3.05) is 0 Å². The minimum absolute atomic E-state index is 0.00361. The maximum absolute atomic E-state index is 10.6. The van der Waals surface area contributed by atoms with Gasteiger partial charge in [0, 0.05) is 11.6 Å². The lowest BCUT2D eigenvalue weighted by Crippen LogP contribution is -2.32. The Balaban J connectivity index is 2.27. The van der Waals surface area contributed by atoms with E-state index in [1.165, 1.54) is 0 Å². The molecule has 0 amide bonds. The number of carboxylic acids is 1. The lowest BCUT2D eigenvalue weighted by molar-refractivity contribution is -0.133. The van der Waals surface area contributed by atoms with E-state index in [-0.39, 0.29) is 17.7 Å². The molecule has 0 aromatic carbocycles. The summed E-state index contributed by atoms with van der Waals surface area (Å²) in [6, 6.07) is 0.0103. The summed E-state index contributed by atoms with van der Waals surface area (Å²) in [5, 5.41) is 11.6. The van der Waals surface area contributed by atoms with E-state index in [2.05, 4.69) is 5.32 Å². The summed E-state index contributed by atoms with van der Waals surface area (Å²) < 4.78 is 0. The maximum Gasteiger partial charge on any atom is 0.351 e. The van der Waals surface area contributed by atoms with Crippen LogP contribution in [0.4, 0.5) is 0 Å². The second-order valence-corrected chi connectivity index (χ2v) is 3.13. The number of nitrogens with one attached hydrogen (secondary N) is 1. The summed E-state index contributed by atoms with van der Waals surface area (Å²) >= 11 is 0. The molecule has 0 saturated carbocycles. The van der Waals surface area contributed by atoms with Crippen molar-refractivity contribution in [2.24, 2.45) is 11.7 Å². The van der Waals surface area contributed by atoms with Crippen LogP contribution < -0.4 is 11.1 Å². The quantitative estimate of drug-likeness (QED) is 0.526. The van der Waals surface area contributed by atoms with Gasteiger partial charge in [-0.25, -0.2) is 4.79 Å². The number of allylic oxidation sites excluding steroid dienone is 2. The second-order valence-electron chi connectivity index (χ2n) is 3.13.